The number of nitrogens with zero attached hydrogens (tertiary/aromatic N) is 4. The first-order valence-corrected chi connectivity index (χ1v) is 7.10. The molecule has 0 spiro atoms. The Hall–Kier alpha value is -1.05. The molecule has 0 radical (unpaired) electrons. The van der Waals surface area contributed by atoms with Gasteiger partial charge in [0.25, 0.3) is 0 Å². The van der Waals surface area contributed by atoms with Crippen LogP contribution in [0.5, 0.6) is 0 Å². The molecule has 0 heterocycles. The van der Waals surface area contributed by atoms with Crippen molar-refractivity contribution in [1.29, 1.82) is 0 Å². The summed E-state index contributed by atoms with van der Waals surface area (Å²) in [6, 6.07) is 0. The minimum absolute atomic E-state index is 0.569. The van der Waals surface area contributed by atoms with Gasteiger partial charge in [0.2, 0.25) is 0 Å². The van der Waals surface area contributed by atoms with E-state index in [9.17, 15) is 0 Å². The maximum absolute atomic E-state index is 7.44. The van der Waals surface area contributed by atoms with Crippen LogP contribution in [0.15, 0.2) is 20.6 Å². The fourth-order valence-corrected chi connectivity index (χ4v) is 0. The van der Waals surface area contributed by atoms with E-state index in [1.165, 1.54) is 24.9 Å². The molecule has 0 fully saturated rings. The van der Waals surface area contributed by atoms with Gasteiger partial charge in [0.05, 0.1) is 0 Å². The Bertz CT molecular complexity index is 151. The molecular weight excluding hydrogens is 346 g/mol. The monoisotopic (exact) mass is 364 g/mol. The first-order chi connectivity index (χ1) is 9.07. The van der Waals surface area contributed by atoms with E-state index in [4.69, 9.17) is 41.2 Å². The second-order valence-electron chi connectivity index (χ2n) is 1.54. The summed E-state index contributed by atoms with van der Waals surface area (Å²) in [4.78, 5) is 0. The quantitative estimate of drug-likeness (QED) is 0.227. The summed E-state index contributed by atoms with van der Waals surface area (Å²) < 4.78 is 0. The molecule has 0 saturated heterocycles. The van der Waals surface area contributed by atoms with Gasteiger partial charge in [-0.25, -0.2) is 0 Å². The van der Waals surface area contributed by atoms with Crippen LogP contribution in [0.25, 0.3) is 0 Å². The third-order valence-corrected chi connectivity index (χ3v) is 0.462. The minimum atomic E-state index is 0.569. The Morgan fingerprint density at radius 1 is 0.632 bits per heavy atom. The molecule has 0 rings (SSSR count). The van der Waals surface area contributed by atoms with Crippen molar-refractivity contribution in [3.05, 3.63) is 0 Å². The van der Waals surface area contributed by atoms with E-state index >= 15 is 0 Å². The molecule has 8 nitrogen and oxygen atoms in total. The van der Waals surface area contributed by atoms with Crippen molar-refractivity contribution in [2.24, 2.45) is 20.6 Å². The van der Waals surface area contributed by atoms with E-state index in [2.05, 4.69) is 20.6 Å². The average Bonchev–Trinajstić information content (AvgIpc) is 2.48. The van der Waals surface area contributed by atoms with E-state index in [-0.39, 0.29) is 0 Å². The molecule has 0 aromatic carbocycles. The summed E-state index contributed by atoms with van der Waals surface area (Å²) >= 11 is 0.569. The number of hydrogen-bond donors (Lipinski definition) is 4. The summed E-state index contributed by atoms with van der Waals surface area (Å²) in [5.41, 5.74) is 0. The van der Waals surface area contributed by atoms with Crippen LogP contribution in [-0.4, -0.2) is 45.7 Å². The first kappa shape index (κ1) is 30.8. The molecule has 120 valence electrons. The van der Waals surface area contributed by atoms with E-state index < -0.39 is 0 Å². The number of rotatable bonds is 0. The van der Waals surface area contributed by atoms with Crippen LogP contribution in [0.3, 0.4) is 0 Å². The molecule has 0 aliphatic heterocycles. The van der Waals surface area contributed by atoms with E-state index in [1.54, 1.807) is 27.7 Å². The van der Waals surface area contributed by atoms with Gasteiger partial charge >= 0.3 is 33.0 Å². The molecule has 0 saturated carbocycles. The second kappa shape index (κ2) is 68.2. The zero-order chi connectivity index (χ0) is 16.4. The fourth-order valence-electron chi connectivity index (χ4n) is 0. The molecule has 0 aromatic rings. The van der Waals surface area contributed by atoms with Crippen LogP contribution in [0.4, 0.5) is 0 Å². The Kier molecular flexibility index (Phi) is 110. The fraction of sp³-hybridized carbons (Fsp3) is 0.500. The number of halogens is 2. The van der Waals surface area contributed by atoms with E-state index in [1.807, 2.05) is 0 Å². The zero-order valence-corrected chi connectivity index (χ0v) is 13.5. The van der Waals surface area contributed by atoms with Crippen LogP contribution in [0.2, 0.25) is 0 Å². The molecule has 0 aliphatic carbocycles. The molecule has 0 unspecified atom stereocenters. The molecule has 0 bridgehead atoms. The third-order valence-electron chi connectivity index (χ3n) is 0.462. The van der Waals surface area contributed by atoms with Gasteiger partial charge in [-0.2, -0.15) is 0 Å². The van der Waals surface area contributed by atoms with Crippen LogP contribution in [-0.2, 0) is 12.7 Å². The topological polar surface area (TPSA) is 130 Å². The Morgan fingerprint density at radius 3 is 0.684 bits per heavy atom. The van der Waals surface area contributed by atoms with Gasteiger partial charge in [0, 0.05) is 24.9 Å². The van der Waals surface area contributed by atoms with Crippen molar-refractivity contribution >= 4 is 45.2 Å². The van der Waals surface area contributed by atoms with Crippen molar-refractivity contribution in [2.45, 2.75) is 27.7 Å². The van der Waals surface area contributed by atoms with Gasteiger partial charge in [-0.3, -0.25) is 0 Å². The standard InChI is InChI=1S/4C2H5NO.2ClH.Ni/c4*1-2-3-4;;;/h4*2,4H,1H3;2*1H;/q;;;;;;+2/p-2. The SMILES string of the molecule is CC=NO.CC=NO.CC=NO.CC=NO.[Cl][Ni][Cl]. The van der Waals surface area contributed by atoms with Crippen LogP contribution in [0, 0.1) is 0 Å². The Balaban J connectivity index is -0.0000000432. The summed E-state index contributed by atoms with van der Waals surface area (Å²) in [5.74, 6) is 0. The molecule has 19 heavy (non-hydrogen) atoms. The molecular formula is C8H20Cl2N4NiO4. The summed E-state index contributed by atoms with van der Waals surface area (Å²) in [6.07, 6.45) is 5.22. The number of hydrogen-bond acceptors (Lipinski definition) is 8. The van der Waals surface area contributed by atoms with Crippen LogP contribution >= 0.6 is 20.4 Å². The van der Waals surface area contributed by atoms with Gasteiger partial charge in [0.15, 0.2) is 0 Å². The second-order valence-corrected chi connectivity index (χ2v) is 3.17. The van der Waals surface area contributed by atoms with Gasteiger partial charge in [0.1, 0.15) is 0 Å². The predicted molar refractivity (Wildman–Crippen MR) is 75.5 cm³/mol. The number of oxime groups is 4. The van der Waals surface area contributed by atoms with Crippen molar-refractivity contribution < 1.29 is 33.5 Å². The average molecular weight is 366 g/mol. The maximum atomic E-state index is 7.44. The van der Waals surface area contributed by atoms with Gasteiger partial charge in [-0.15, -0.1) is 20.6 Å². The Labute approximate surface area is 127 Å². The van der Waals surface area contributed by atoms with Gasteiger partial charge in [-0.1, -0.05) is 0 Å². The summed E-state index contributed by atoms with van der Waals surface area (Å²) in [6.45, 7) is 6.56. The first-order valence-electron chi connectivity index (χ1n) is 4.38. The van der Waals surface area contributed by atoms with Crippen LogP contribution < -0.4 is 0 Å². The van der Waals surface area contributed by atoms with Crippen molar-refractivity contribution in [2.75, 3.05) is 0 Å². The van der Waals surface area contributed by atoms with Gasteiger partial charge in [-0.05, 0) is 27.7 Å². The zero-order valence-electron chi connectivity index (χ0n) is 11.0. The van der Waals surface area contributed by atoms with Crippen LogP contribution in [0.1, 0.15) is 27.7 Å². The molecule has 4 N–H and O–H groups in total. The molecule has 0 atom stereocenters. The third kappa shape index (κ3) is 435. The summed E-state index contributed by atoms with van der Waals surface area (Å²) in [7, 11) is 9.40. The molecule has 0 aliphatic rings. The predicted octanol–water partition coefficient (Wildman–Crippen LogP) is 3.24. The van der Waals surface area contributed by atoms with Crippen molar-refractivity contribution in [3.63, 3.8) is 0 Å². The molecule has 11 heteroatoms. The normalized spacial score (nSPS) is 8.95. The molecule has 0 aromatic heterocycles. The molecule has 0 amide bonds. The van der Waals surface area contributed by atoms with E-state index in [0.717, 1.165) is 0 Å². The van der Waals surface area contributed by atoms with Gasteiger partial charge < -0.3 is 20.8 Å². The summed E-state index contributed by atoms with van der Waals surface area (Å²) in [5, 5.41) is 40.2. The Morgan fingerprint density at radius 2 is 0.684 bits per heavy atom. The van der Waals surface area contributed by atoms with E-state index in [0.29, 0.717) is 12.7 Å². The van der Waals surface area contributed by atoms with Crippen molar-refractivity contribution in [3.8, 4) is 0 Å². The van der Waals surface area contributed by atoms with Crippen molar-refractivity contribution in [1.82, 2.24) is 0 Å².